The first kappa shape index (κ1) is 34.4. The standard InChI is InChI=1S/C31H28N3O.C15H18GeN.Ir/c1-18(2)21-11-8-12-22(19(3)4)29(21)34-28-20(5)32-17-16-26(28)33-31(34)25-14-9-13-24-23-10-6-7-15-27(23)35-30(24)25;1-12-5-7-13(8-6-12)15-10-9-14(11-17-15)16(2,3)4;/h6-13,15-19H,1-5H3;5-7,9-11H,1-4H3;/q2*-1;/i;1D3;. The van der Waals surface area contributed by atoms with Gasteiger partial charge in [0.2, 0.25) is 0 Å². The predicted molar refractivity (Wildman–Crippen MR) is 220 cm³/mol. The number of para-hydroxylation sites is 2. The summed E-state index contributed by atoms with van der Waals surface area (Å²) in [6, 6.07) is 36.4. The molecule has 0 aliphatic carbocycles. The molecular formula is C46H46GeIrN4O-2. The van der Waals surface area contributed by atoms with Crippen molar-refractivity contribution in [3.05, 3.63) is 138 Å². The summed E-state index contributed by atoms with van der Waals surface area (Å²) in [5.74, 6) is 8.50. The Kier molecular flexibility index (Phi) is 10.1. The molecule has 0 saturated carbocycles. The monoisotopic (exact) mass is 940 g/mol. The van der Waals surface area contributed by atoms with Gasteiger partial charge in [0, 0.05) is 37.4 Å². The molecular weight excluding hydrogens is 889 g/mol. The number of aromatic nitrogens is 4. The van der Waals surface area contributed by atoms with E-state index in [1.165, 1.54) is 27.3 Å². The summed E-state index contributed by atoms with van der Waals surface area (Å²) in [6.45, 7) is 8.98. The van der Waals surface area contributed by atoms with E-state index in [1.54, 1.807) is 12.1 Å². The number of imidazole rings is 1. The second-order valence-corrected chi connectivity index (χ2v) is 25.6. The molecule has 0 atom stereocenters. The molecule has 4 aromatic heterocycles. The Balaban J connectivity index is 0.000000217. The van der Waals surface area contributed by atoms with Gasteiger partial charge in [0.05, 0.1) is 28.1 Å². The van der Waals surface area contributed by atoms with Crippen molar-refractivity contribution in [1.29, 1.82) is 0 Å². The van der Waals surface area contributed by atoms with E-state index in [4.69, 9.17) is 13.5 Å². The van der Waals surface area contributed by atoms with Gasteiger partial charge in [0.1, 0.15) is 5.58 Å². The first-order valence-corrected chi connectivity index (χ1v) is 25.3. The summed E-state index contributed by atoms with van der Waals surface area (Å²) < 4.78 is 32.1. The number of aryl methyl sites for hydroxylation is 2. The largest absolute Gasteiger partial charge is 0 e. The zero-order valence-corrected chi connectivity index (χ0v) is 36.0. The van der Waals surface area contributed by atoms with Gasteiger partial charge in [-0.3, -0.25) is 9.97 Å². The van der Waals surface area contributed by atoms with Gasteiger partial charge in [-0.15, -0.1) is 18.2 Å². The van der Waals surface area contributed by atoms with E-state index in [0.717, 1.165) is 61.3 Å². The Bertz CT molecular complexity index is 2560. The Hall–Kier alpha value is -4.36. The first-order valence-electron chi connectivity index (χ1n) is 19.4. The van der Waals surface area contributed by atoms with Crippen LogP contribution in [0.25, 0.3) is 61.3 Å². The molecule has 0 bridgehead atoms. The minimum atomic E-state index is -2.08. The van der Waals surface area contributed by atoms with Crippen LogP contribution in [0, 0.1) is 25.9 Å². The number of nitrogens with zero attached hydrogens (tertiary/aromatic N) is 4. The number of hydrogen-bond acceptors (Lipinski definition) is 4. The van der Waals surface area contributed by atoms with E-state index >= 15 is 0 Å². The van der Waals surface area contributed by atoms with Gasteiger partial charge in [0.15, 0.2) is 0 Å². The molecule has 8 aromatic rings. The first-order chi connectivity index (χ1) is 26.1. The van der Waals surface area contributed by atoms with Gasteiger partial charge in [-0.2, -0.15) is 0 Å². The van der Waals surface area contributed by atoms with Crippen LogP contribution in [0.3, 0.4) is 0 Å². The number of fused-ring (bicyclic) bond motifs is 4. The number of benzene rings is 4. The molecule has 8 rings (SSSR count). The normalized spacial score (nSPS) is 12.8. The van der Waals surface area contributed by atoms with Crippen LogP contribution in [-0.4, -0.2) is 32.8 Å². The van der Waals surface area contributed by atoms with E-state index in [0.29, 0.717) is 17.4 Å². The zero-order chi connectivity index (χ0) is 39.2. The Morgan fingerprint density at radius 3 is 2.21 bits per heavy atom. The molecule has 0 spiro atoms. The number of hydrogen-bond donors (Lipinski definition) is 0. The molecule has 7 heteroatoms. The summed E-state index contributed by atoms with van der Waals surface area (Å²) >= 11 is -1.83. The topological polar surface area (TPSA) is 56.7 Å². The Morgan fingerprint density at radius 1 is 0.811 bits per heavy atom. The van der Waals surface area contributed by atoms with E-state index in [2.05, 4.69) is 115 Å². The van der Waals surface area contributed by atoms with Crippen LogP contribution < -0.4 is 4.40 Å². The third kappa shape index (κ3) is 7.55. The zero-order valence-electron chi connectivity index (χ0n) is 34.5. The SMILES string of the molecule is Cc1nccc2nc(-c3[c-]ccc4c3oc3ccccc34)n(-c3c(C(C)C)cccc3C(C)C)c12.[2H]C([2H])([2H])c1c[c-]c(-c2cc[c]([Ge]([CH3])([CH3])[CH3])cn2)cc1.[Ir]. The Labute approximate surface area is 333 Å². The van der Waals surface area contributed by atoms with Gasteiger partial charge < -0.3 is 8.98 Å². The maximum absolute atomic E-state index is 7.35. The third-order valence-electron chi connectivity index (χ3n) is 9.59. The van der Waals surface area contributed by atoms with E-state index in [1.807, 2.05) is 48.8 Å². The van der Waals surface area contributed by atoms with Crippen LogP contribution in [0.5, 0.6) is 0 Å². The third-order valence-corrected chi connectivity index (χ3v) is 13.8. The molecule has 1 radical (unpaired) electrons. The van der Waals surface area contributed by atoms with Crippen molar-refractivity contribution in [3.8, 4) is 28.3 Å². The summed E-state index contributed by atoms with van der Waals surface area (Å²) in [6.07, 6.45) is 3.78. The molecule has 0 unspecified atom stereocenters. The van der Waals surface area contributed by atoms with Crippen molar-refractivity contribution in [3.63, 3.8) is 0 Å². The second-order valence-electron chi connectivity index (χ2n) is 15.0. The van der Waals surface area contributed by atoms with Crippen LogP contribution in [0.4, 0.5) is 0 Å². The van der Waals surface area contributed by atoms with Crippen molar-refractivity contribution in [2.45, 2.75) is 70.6 Å². The maximum atomic E-state index is 7.35. The van der Waals surface area contributed by atoms with Crippen molar-refractivity contribution in [2.75, 3.05) is 0 Å². The van der Waals surface area contributed by atoms with Crippen LogP contribution >= 0.6 is 0 Å². The van der Waals surface area contributed by atoms with E-state index in [-0.39, 0.29) is 20.1 Å². The average Bonchev–Trinajstić information content (AvgIpc) is 3.74. The van der Waals surface area contributed by atoms with Crippen molar-refractivity contribution in [2.24, 2.45) is 0 Å². The molecule has 0 aliphatic rings. The fourth-order valence-corrected chi connectivity index (χ4v) is 8.95. The predicted octanol–water partition coefficient (Wildman–Crippen LogP) is 11.7. The minimum Gasteiger partial charge on any atom is 0 e. The van der Waals surface area contributed by atoms with Gasteiger partial charge in [-0.1, -0.05) is 75.0 Å². The molecule has 53 heavy (non-hydrogen) atoms. The fourth-order valence-electron chi connectivity index (χ4n) is 6.77. The number of pyridine rings is 2. The van der Waals surface area contributed by atoms with Crippen molar-refractivity contribution >= 4 is 50.6 Å². The van der Waals surface area contributed by atoms with E-state index in [9.17, 15) is 0 Å². The average molecular weight is 939 g/mol. The number of furan rings is 1. The Morgan fingerprint density at radius 2 is 1.57 bits per heavy atom. The summed E-state index contributed by atoms with van der Waals surface area (Å²) in [4.78, 5) is 14.3. The fraction of sp³-hybridized carbons (Fsp3) is 0.239. The van der Waals surface area contributed by atoms with Crippen LogP contribution in [0.15, 0.2) is 108 Å². The molecule has 0 amide bonds. The summed E-state index contributed by atoms with van der Waals surface area (Å²) in [5.41, 5.74) is 11.2. The van der Waals surface area contributed by atoms with Crippen molar-refractivity contribution < 1.29 is 28.6 Å². The van der Waals surface area contributed by atoms with Crippen LogP contribution in [0.2, 0.25) is 17.3 Å². The quantitative estimate of drug-likeness (QED) is 0.123. The van der Waals surface area contributed by atoms with Gasteiger partial charge >= 0.3 is 110 Å². The molecule has 0 saturated heterocycles. The minimum absolute atomic E-state index is 0. The maximum Gasteiger partial charge on any atom is 0 e. The van der Waals surface area contributed by atoms with Crippen molar-refractivity contribution in [1.82, 2.24) is 19.5 Å². The molecule has 0 N–H and O–H groups in total. The molecule has 271 valence electrons. The van der Waals surface area contributed by atoms with Crippen LogP contribution in [0.1, 0.15) is 66.0 Å². The summed E-state index contributed by atoms with van der Waals surface area (Å²) in [7, 11) is 0. The molecule has 0 fully saturated rings. The molecule has 5 nitrogen and oxygen atoms in total. The second kappa shape index (κ2) is 15.5. The van der Waals surface area contributed by atoms with Crippen LogP contribution in [-0.2, 0) is 20.1 Å². The molecule has 0 aliphatic heterocycles. The van der Waals surface area contributed by atoms with Gasteiger partial charge in [-0.25, -0.2) is 0 Å². The smallest absolute Gasteiger partial charge is 0 e. The van der Waals surface area contributed by atoms with Gasteiger partial charge in [-0.05, 0) is 42.0 Å². The van der Waals surface area contributed by atoms with Gasteiger partial charge in [0.25, 0.3) is 0 Å². The van der Waals surface area contributed by atoms with E-state index < -0.39 is 20.1 Å². The molecule has 4 aromatic carbocycles. The summed E-state index contributed by atoms with van der Waals surface area (Å²) in [5, 5.41) is 2.17. The number of rotatable bonds is 6. The molecule has 4 heterocycles.